The maximum atomic E-state index is 13.3. The van der Waals surface area contributed by atoms with Crippen LogP contribution in [0.2, 0.25) is 0 Å². The van der Waals surface area contributed by atoms with E-state index in [1.807, 2.05) is 48.5 Å². The summed E-state index contributed by atoms with van der Waals surface area (Å²) in [5, 5.41) is 6.98. The zero-order valence-electron chi connectivity index (χ0n) is 20.9. The van der Waals surface area contributed by atoms with Gasteiger partial charge in [0.25, 0.3) is 5.91 Å². The van der Waals surface area contributed by atoms with Crippen molar-refractivity contribution in [3.05, 3.63) is 72.1 Å². The van der Waals surface area contributed by atoms with E-state index < -0.39 is 12.1 Å². The second-order valence-corrected chi connectivity index (χ2v) is 10.3. The molecular weight excluding hydrogens is 470 g/mol. The Hall–Kier alpha value is -3.85. The molecule has 2 amide bonds. The molecule has 9 heteroatoms. The molecule has 37 heavy (non-hydrogen) atoms. The maximum absolute atomic E-state index is 13.3. The van der Waals surface area contributed by atoms with Crippen molar-refractivity contribution in [1.82, 2.24) is 15.1 Å². The summed E-state index contributed by atoms with van der Waals surface area (Å²) >= 11 is 0. The van der Waals surface area contributed by atoms with Crippen LogP contribution in [-0.4, -0.2) is 67.7 Å². The van der Waals surface area contributed by atoms with Crippen molar-refractivity contribution in [3.63, 3.8) is 0 Å². The minimum absolute atomic E-state index is 0.0478. The first-order valence-corrected chi connectivity index (χ1v) is 12.8. The van der Waals surface area contributed by atoms with Crippen LogP contribution in [-0.2, 0) is 16.0 Å². The van der Waals surface area contributed by atoms with Gasteiger partial charge in [0.2, 0.25) is 0 Å². The van der Waals surface area contributed by atoms with Crippen molar-refractivity contribution >= 4 is 23.3 Å². The van der Waals surface area contributed by atoms with Crippen LogP contribution in [0.15, 0.2) is 60.9 Å². The van der Waals surface area contributed by atoms with Gasteiger partial charge >= 0.3 is 6.03 Å². The van der Waals surface area contributed by atoms with Crippen molar-refractivity contribution in [3.8, 4) is 5.75 Å². The Morgan fingerprint density at radius 3 is 2.68 bits per heavy atom. The van der Waals surface area contributed by atoms with Crippen molar-refractivity contribution in [2.75, 3.05) is 49.8 Å². The Labute approximate surface area is 215 Å². The number of aromatic nitrogens is 2. The second-order valence-electron chi connectivity index (χ2n) is 10.3. The highest BCUT2D eigenvalue weighted by Gasteiger charge is 2.44. The normalized spacial score (nSPS) is 20.6. The van der Waals surface area contributed by atoms with E-state index in [-0.39, 0.29) is 12.5 Å². The summed E-state index contributed by atoms with van der Waals surface area (Å²) in [7, 11) is 1.72. The fourth-order valence-corrected chi connectivity index (χ4v) is 5.46. The highest BCUT2D eigenvalue weighted by atomic mass is 16.5. The number of carbonyl (C=O) groups is 2. The fraction of sp³-hybridized carbons (Fsp3) is 0.393. The van der Waals surface area contributed by atoms with E-state index in [0.717, 1.165) is 56.0 Å². The van der Waals surface area contributed by atoms with E-state index in [0.29, 0.717) is 23.3 Å². The maximum Gasteiger partial charge on any atom is 0.342 e. The largest absolute Gasteiger partial charge is 0.489 e. The molecule has 4 heterocycles. The van der Waals surface area contributed by atoms with Gasteiger partial charge in [-0.25, -0.2) is 4.79 Å². The van der Waals surface area contributed by atoms with Crippen molar-refractivity contribution in [2.45, 2.75) is 25.3 Å². The van der Waals surface area contributed by atoms with Gasteiger partial charge in [0, 0.05) is 57.1 Å². The van der Waals surface area contributed by atoms with Gasteiger partial charge in [-0.1, -0.05) is 30.3 Å². The van der Waals surface area contributed by atoms with Crippen molar-refractivity contribution in [1.29, 1.82) is 0 Å². The van der Waals surface area contributed by atoms with Crippen LogP contribution in [0.4, 0.5) is 16.2 Å². The topological polar surface area (TPSA) is 88.9 Å². The Balaban J connectivity index is 1.11. The molecule has 1 N–H and O–H groups in total. The zero-order chi connectivity index (χ0) is 25.4. The van der Waals surface area contributed by atoms with Gasteiger partial charge in [0.05, 0.1) is 11.9 Å². The Kier molecular flexibility index (Phi) is 6.08. The molecule has 1 aromatic heterocycles. The van der Waals surface area contributed by atoms with Crippen molar-refractivity contribution in [2.24, 2.45) is 5.41 Å². The summed E-state index contributed by atoms with van der Waals surface area (Å²) in [5.41, 5.74) is 4.18. The van der Waals surface area contributed by atoms with Crippen molar-refractivity contribution < 1.29 is 19.1 Å². The third-order valence-electron chi connectivity index (χ3n) is 7.70. The summed E-state index contributed by atoms with van der Waals surface area (Å²) in [5.74, 6) is 0.396. The number of anilines is 2. The lowest BCUT2D eigenvalue weighted by Gasteiger charge is -2.53. The monoisotopic (exact) mass is 501 g/mol. The number of carbonyl (C=O) groups excluding carboxylic acids is 2. The summed E-state index contributed by atoms with van der Waals surface area (Å²) in [6.07, 6.45) is 6.23. The Bertz CT molecular complexity index is 1290. The third kappa shape index (κ3) is 4.67. The van der Waals surface area contributed by atoms with Crippen LogP contribution in [0.1, 0.15) is 24.0 Å². The van der Waals surface area contributed by atoms with Crippen LogP contribution >= 0.6 is 0 Å². The molecule has 0 unspecified atom stereocenters. The average Bonchev–Trinajstić information content (AvgIpc) is 3.34. The number of hydrogen-bond acceptors (Lipinski definition) is 6. The Morgan fingerprint density at radius 1 is 1.11 bits per heavy atom. The summed E-state index contributed by atoms with van der Waals surface area (Å²) < 4.78 is 12.7. The SMILES string of the molecule is CN1C(=O)[C@@H](NC(=O)n2cc(Cc3ccccc3)cn2)COc2ccc(N3CC4(CCOCC4)C3)cc21. The van der Waals surface area contributed by atoms with Gasteiger partial charge in [0.15, 0.2) is 0 Å². The van der Waals surface area contributed by atoms with Gasteiger partial charge in [-0.15, -0.1) is 0 Å². The number of rotatable bonds is 4. The predicted molar refractivity (Wildman–Crippen MR) is 139 cm³/mol. The lowest BCUT2D eigenvalue weighted by Crippen LogP contribution is -2.58. The number of hydrogen-bond donors (Lipinski definition) is 1. The highest BCUT2D eigenvalue weighted by Crippen LogP contribution is 2.44. The minimum atomic E-state index is -0.829. The number of benzene rings is 2. The van der Waals surface area contributed by atoms with E-state index in [9.17, 15) is 9.59 Å². The van der Waals surface area contributed by atoms with E-state index in [2.05, 4.69) is 15.3 Å². The minimum Gasteiger partial charge on any atom is -0.489 e. The molecule has 2 fully saturated rings. The lowest BCUT2D eigenvalue weighted by molar-refractivity contribution is -0.120. The number of nitrogens with zero attached hydrogens (tertiary/aromatic N) is 4. The molecule has 3 aliphatic heterocycles. The van der Waals surface area contributed by atoms with Crippen LogP contribution in [0, 0.1) is 5.41 Å². The van der Waals surface area contributed by atoms with E-state index in [4.69, 9.17) is 9.47 Å². The van der Waals surface area contributed by atoms with E-state index in [1.165, 1.54) is 4.68 Å². The van der Waals surface area contributed by atoms with Gasteiger partial charge in [-0.05, 0) is 42.2 Å². The first-order chi connectivity index (χ1) is 18.0. The Morgan fingerprint density at radius 2 is 1.89 bits per heavy atom. The first-order valence-electron chi connectivity index (χ1n) is 12.8. The quantitative estimate of drug-likeness (QED) is 0.591. The molecule has 0 bridgehead atoms. The number of amides is 2. The molecule has 192 valence electrons. The van der Waals surface area contributed by atoms with Crippen LogP contribution in [0.3, 0.4) is 0 Å². The molecular formula is C28H31N5O4. The van der Waals surface area contributed by atoms with Gasteiger partial charge in [-0.2, -0.15) is 9.78 Å². The standard InChI is InChI=1S/C28H31N5O4/c1-31-24-14-22(32-18-28(19-32)9-11-36-12-10-28)7-8-25(24)37-17-23(26(31)34)30-27(35)33-16-21(15-29-33)13-20-5-3-2-4-6-20/h2-8,14-16,23H,9-13,17-19H2,1H3,(H,30,35)/t23-/m0/s1. The van der Waals surface area contributed by atoms with Gasteiger partial charge in [0.1, 0.15) is 18.4 Å². The number of nitrogens with one attached hydrogen (secondary N) is 1. The third-order valence-corrected chi connectivity index (χ3v) is 7.70. The molecule has 0 saturated carbocycles. The van der Waals surface area contributed by atoms with Gasteiger partial charge in [-0.3, -0.25) is 4.79 Å². The zero-order valence-corrected chi connectivity index (χ0v) is 20.9. The number of likely N-dealkylation sites (N-methyl/N-ethyl adjacent to an activating group) is 1. The van der Waals surface area contributed by atoms with E-state index in [1.54, 1.807) is 24.3 Å². The molecule has 0 radical (unpaired) electrons. The summed E-state index contributed by atoms with van der Waals surface area (Å²) in [6, 6.07) is 14.7. The molecule has 1 atom stereocenters. The van der Waals surface area contributed by atoms with Crippen LogP contribution < -0.4 is 19.9 Å². The lowest BCUT2D eigenvalue weighted by atomic mass is 9.73. The molecule has 3 aliphatic rings. The average molecular weight is 502 g/mol. The second kappa shape index (κ2) is 9.55. The number of ether oxygens (including phenoxy) is 2. The van der Waals surface area contributed by atoms with E-state index >= 15 is 0 Å². The smallest absolute Gasteiger partial charge is 0.342 e. The molecule has 1 spiro atoms. The predicted octanol–water partition coefficient (Wildman–Crippen LogP) is 3.07. The molecule has 2 aromatic carbocycles. The molecule has 9 nitrogen and oxygen atoms in total. The molecule has 2 saturated heterocycles. The van der Waals surface area contributed by atoms with Crippen LogP contribution in [0.5, 0.6) is 5.75 Å². The van der Waals surface area contributed by atoms with Crippen LogP contribution in [0.25, 0.3) is 0 Å². The fourth-order valence-electron chi connectivity index (χ4n) is 5.46. The first kappa shape index (κ1) is 23.5. The summed E-state index contributed by atoms with van der Waals surface area (Å²) in [6.45, 7) is 3.73. The molecule has 3 aromatic rings. The summed E-state index contributed by atoms with van der Waals surface area (Å²) in [4.78, 5) is 30.1. The highest BCUT2D eigenvalue weighted by molar-refractivity contribution is 6.01. The molecule has 6 rings (SSSR count). The van der Waals surface area contributed by atoms with Gasteiger partial charge < -0.3 is 24.6 Å². The molecule has 0 aliphatic carbocycles. The number of fused-ring (bicyclic) bond motifs is 1.